The van der Waals surface area contributed by atoms with Gasteiger partial charge >= 0.3 is 6.09 Å². The van der Waals surface area contributed by atoms with E-state index in [2.05, 4.69) is 5.32 Å². The molecule has 0 saturated heterocycles. The maximum Gasteiger partial charge on any atom is 0.407 e. The Morgan fingerprint density at radius 3 is 2.56 bits per heavy atom. The third-order valence-corrected chi connectivity index (χ3v) is 1.72. The zero-order valence-corrected chi connectivity index (χ0v) is 10.7. The van der Waals surface area contributed by atoms with Crippen molar-refractivity contribution in [1.82, 2.24) is 5.32 Å². The van der Waals surface area contributed by atoms with Crippen molar-refractivity contribution in [3.8, 4) is 0 Å². The summed E-state index contributed by atoms with van der Waals surface area (Å²) in [7, 11) is 0. The van der Waals surface area contributed by atoms with Crippen LogP contribution in [-0.4, -0.2) is 38.0 Å². The molecule has 0 fully saturated rings. The number of amides is 1. The Labute approximate surface area is 97.7 Å². The van der Waals surface area contributed by atoms with Crippen LogP contribution in [-0.2, 0) is 9.47 Å². The number of nitrogens with two attached hydrogens (primary N) is 1. The summed E-state index contributed by atoms with van der Waals surface area (Å²) in [6, 6.07) is 0. The normalized spacial score (nSPS) is 13.3. The Morgan fingerprint density at radius 2 is 2.06 bits per heavy atom. The molecule has 1 amide bonds. The van der Waals surface area contributed by atoms with Crippen LogP contribution in [0.3, 0.4) is 0 Å². The SMILES string of the molecule is C[C@H](CN)COCCNC(=O)OC(C)(C)C. The van der Waals surface area contributed by atoms with Gasteiger partial charge in [0, 0.05) is 6.54 Å². The molecule has 0 spiro atoms. The third-order valence-electron chi connectivity index (χ3n) is 1.72. The van der Waals surface area contributed by atoms with Crippen LogP contribution in [0.5, 0.6) is 0 Å². The molecule has 0 aromatic heterocycles. The number of alkyl carbamates (subject to hydrolysis) is 1. The lowest BCUT2D eigenvalue weighted by Gasteiger charge is -2.19. The molecule has 0 aliphatic rings. The van der Waals surface area contributed by atoms with Crippen LogP contribution in [0, 0.1) is 5.92 Å². The second-order valence-corrected chi connectivity index (χ2v) is 4.84. The lowest BCUT2D eigenvalue weighted by atomic mass is 10.2. The molecular formula is C11H24N2O3. The maximum atomic E-state index is 11.2. The van der Waals surface area contributed by atoms with Crippen LogP contribution in [0.1, 0.15) is 27.7 Å². The van der Waals surface area contributed by atoms with E-state index in [4.69, 9.17) is 15.2 Å². The first-order valence-corrected chi connectivity index (χ1v) is 5.60. The zero-order valence-electron chi connectivity index (χ0n) is 10.7. The van der Waals surface area contributed by atoms with Crippen molar-refractivity contribution in [3.05, 3.63) is 0 Å². The molecular weight excluding hydrogens is 208 g/mol. The van der Waals surface area contributed by atoms with Crippen LogP contribution in [0.25, 0.3) is 0 Å². The fourth-order valence-electron chi connectivity index (χ4n) is 0.892. The number of rotatable bonds is 6. The largest absolute Gasteiger partial charge is 0.444 e. The van der Waals surface area contributed by atoms with Crippen LogP contribution in [0.4, 0.5) is 4.79 Å². The molecule has 0 aromatic carbocycles. The predicted octanol–water partition coefficient (Wildman–Crippen LogP) is 1.12. The number of hydrogen-bond donors (Lipinski definition) is 2. The molecule has 16 heavy (non-hydrogen) atoms. The highest BCUT2D eigenvalue weighted by molar-refractivity contribution is 5.67. The summed E-state index contributed by atoms with van der Waals surface area (Å²) < 4.78 is 10.4. The molecule has 0 aliphatic heterocycles. The van der Waals surface area contributed by atoms with Crippen molar-refractivity contribution in [2.45, 2.75) is 33.3 Å². The van der Waals surface area contributed by atoms with Crippen molar-refractivity contribution in [3.63, 3.8) is 0 Å². The first-order chi connectivity index (χ1) is 7.35. The quantitative estimate of drug-likeness (QED) is 0.673. The Hall–Kier alpha value is -0.810. The van der Waals surface area contributed by atoms with Crippen molar-refractivity contribution < 1.29 is 14.3 Å². The molecule has 0 saturated carbocycles. The highest BCUT2D eigenvalue weighted by Crippen LogP contribution is 2.06. The number of nitrogens with one attached hydrogen (secondary N) is 1. The van der Waals surface area contributed by atoms with Gasteiger partial charge in [0.2, 0.25) is 0 Å². The molecule has 5 nitrogen and oxygen atoms in total. The van der Waals surface area contributed by atoms with E-state index < -0.39 is 11.7 Å². The minimum atomic E-state index is -0.459. The lowest BCUT2D eigenvalue weighted by molar-refractivity contribution is 0.0489. The van der Waals surface area contributed by atoms with Crippen LogP contribution in [0.15, 0.2) is 0 Å². The predicted molar refractivity (Wildman–Crippen MR) is 63.3 cm³/mol. The average molecular weight is 232 g/mol. The van der Waals surface area contributed by atoms with E-state index in [9.17, 15) is 4.79 Å². The molecule has 0 unspecified atom stereocenters. The topological polar surface area (TPSA) is 73.6 Å². The summed E-state index contributed by atoms with van der Waals surface area (Å²) >= 11 is 0. The van der Waals surface area contributed by atoms with Crippen molar-refractivity contribution in [2.24, 2.45) is 11.7 Å². The van der Waals surface area contributed by atoms with Gasteiger partial charge in [-0.25, -0.2) is 4.79 Å². The Bertz CT molecular complexity index is 202. The standard InChI is InChI=1S/C11H24N2O3/c1-9(7-12)8-15-6-5-13-10(14)16-11(2,3)4/h9H,5-8,12H2,1-4H3,(H,13,14)/t9-/m1/s1. The first-order valence-electron chi connectivity index (χ1n) is 5.60. The second kappa shape index (κ2) is 7.46. The molecule has 96 valence electrons. The van der Waals surface area contributed by atoms with Crippen molar-refractivity contribution in [1.29, 1.82) is 0 Å². The molecule has 0 bridgehead atoms. The van der Waals surface area contributed by atoms with E-state index in [0.29, 0.717) is 32.2 Å². The Kier molecular flexibility index (Phi) is 7.08. The molecule has 0 aromatic rings. The van der Waals surface area contributed by atoms with Gasteiger partial charge in [-0.1, -0.05) is 6.92 Å². The fourth-order valence-corrected chi connectivity index (χ4v) is 0.892. The van der Waals surface area contributed by atoms with Gasteiger partial charge in [-0.15, -0.1) is 0 Å². The second-order valence-electron chi connectivity index (χ2n) is 4.84. The number of carbonyl (C=O) groups excluding carboxylic acids is 1. The van der Waals surface area contributed by atoms with Gasteiger partial charge in [-0.2, -0.15) is 0 Å². The smallest absolute Gasteiger partial charge is 0.407 e. The highest BCUT2D eigenvalue weighted by atomic mass is 16.6. The zero-order chi connectivity index (χ0) is 12.6. The van der Waals surface area contributed by atoms with E-state index in [1.54, 1.807) is 0 Å². The Morgan fingerprint density at radius 1 is 1.44 bits per heavy atom. The monoisotopic (exact) mass is 232 g/mol. The summed E-state index contributed by atoms with van der Waals surface area (Å²) in [5.74, 6) is 0.349. The highest BCUT2D eigenvalue weighted by Gasteiger charge is 2.15. The Balaban J connectivity index is 3.42. The summed E-state index contributed by atoms with van der Waals surface area (Å²) in [5, 5.41) is 2.61. The maximum absolute atomic E-state index is 11.2. The number of ether oxygens (including phenoxy) is 2. The molecule has 0 heterocycles. The summed E-state index contributed by atoms with van der Waals surface area (Å²) in [6.45, 7) is 9.65. The minimum absolute atomic E-state index is 0.349. The molecule has 0 aliphatic carbocycles. The summed E-state index contributed by atoms with van der Waals surface area (Å²) in [4.78, 5) is 11.2. The van der Waals surface area contributed by atoms with Gasteiger partial charge in [0.15, 0.2) is 0 Å². The van der Waals surface area contributed by atoms with Gasteiger partial charge in [-0.3, -0.25) is 0 Å². The van der Waals surface area contributed by atoms with Gasteiger partial charge in [0.25, 0.3) is 0 Å². The van der Waals surface area contributed by atoms with Crippen LogP contribution in [0.2, 0.25) is 0 Å². The van der Waals surface area contributed by atoms with Crippen LogP contribution < -0.4 is 11.1 Å². The first kappa shape index (κ1) is 15.2. The molecule has 0 rings (SSSR count). The summed E-state index contributed by atoms with van der Waals surface area (Å²) in [6.07, 6.45) is -0.414. The fraction of sp³-hybridized carbons (Fsp3) is 0.909. The summed E-state index contributed by atoms with van der Waals surface area (Å²) in [5.41, 5.74) is 4.98. The molecule has 1 atom stereocenters. The van der Waals surface area contributed by atoms with Crippen molar-refractivity contribution >= 4 is 6.09 Å². The number of hydrogen-bond acceptors (Lipinski definition) is 4. The number of carbonyl (C=O) groups is 1. The lowest BCUT2D eigenvalue weighted by Crippen LogP contribution is -2.34. The average Bonchev–Trinajstić information content (AvgIpc) is 2.14. The molecule has 0 radical (unpaired) electrons. The van der Waals surface area contributed by atoms with E-state index in [1.165, 1.54) is 0 Å². The van der Waals surface area contributed by atoms with Gasteiger partial charge < -0.3 is 20.5 Å². The van der Waals surface area contributed by atoms with Gasteiger partial charge in [0.1, 0.15) is 5.60 Å². The van der Waals surface area contributed by atoms with E-state index in [-0.39, 0.29) is 0 Å². The third kappa shape index (κ3) is 9.73. The van der Waals surface area contributed by atoms with E-state index >= 15 is 0 Å². The minimum Gasteiger partial charge on any atom is -0.444 e. The molecule has 5 heteroatoms. The van der Waals surface area contributed by atoms with Crippen LogP contribution >= 0.6 is 0 Å². The van der Waals surface area contributed by atoms with E-state index in [0.717, 1.165) is 0 Å². The van der Waals surface area contributed by atoms with Crippen molar-refractivity contribution in [2.75, 3.05) is 26.3 Å². The van der Waals surface area contributed by atoms with Gasteiger partial charge in [0.05, 0.1) is 13.2 Å². The van der Waals surface area contributed by atoms with Gasteiger partial charge in [-0.05, 0) is 33.2 Å². The molecule has 3 N–H and O–H groups in total. The van der Waals surface area contributed by atoms with E-state index in [1.807, 2.05) is 27.7 Å².